The van der Waals surface area contributed by atoms with Gasteiger partial charge in [-0.15, -0.1) is 0 Å². The highest BCUT2D eigenvalue weighted by Crippen LogP contribution is 2.25. The number of oxazole rings is 1. The van der Waals surface area contributed by atoms with E-state index in [4.69, 9.17) is 27.6 Å². The Morgan fingerprint density at radius 2 is 1.97 bits per heavy atom. The van der Waals surface area contributed by atoms with Crippen LogP contribution >= 0.6 is 23.2 Å². The van der Waals surface area contributed by atoms with Gasteiger partial charge in [-0.2, -0.15) is 0 Å². The summed E-state index contributed by atoms with van der Waals surface area (Å²) in [6.45, 7) is 2.14. The van der Waals surface area contributed by atoms with E-state index >= 15 is 0 Å². The monoisotopic (exact) mass is 462 g/mol. The molecule has 4 rings (SSSR count). The molecule has 0 aliphatic heterocycles. The highest BCUT2D eigenvalue weighted by atomic mass is 35.5. The van der Waals surface area contributed by atoms with Gasteiger partial charge in [-0.3, -0.25) is 9.36 Å². The zero-order valence-corrected chi connectivity index (χ0v) is 18.4. The molecule has 0 fully saturated rings. The zero-order chi connectivity index (χ0) is 22.3. The SMILES string of the molecule is Cc1cc2c(cc1Cl)nc(CN(C)C(=O)Cn1c(=O)oc3ccc(Cl)cc31)n2CCO. The molecule has 2 aromatic heterocycles. The number of aromatic nitrogens is 3. The largest absolute Gasteiger partial charge is 0.420 e. The Hall–Kier alpha value is -2.81. The van der Waals surface area contributed by atoms with Gasteiger partial charge in [0.15, 0.2) is 5.58 Å². The fourth-order valence-electron chi connectivity index (χ4n) is 3.51. The first-order chi connectivity index (χ1) is 14.8. The number of amides is 1. The minimum absolute atomic E-state index is 0.0744. The summed E-state index contributed by atoms with van der Waals surface area (Å²) in [5, 5.41) is 10.5. The summed E-state index contributed by atoms with van der Waals surface area (Å²) in [4.78, 5) is 31.2. The number of aliphatic hydroxyl groups is 1. The Bertz CT molecular complexity index is 1360. The van der Waals surface area contributed by atoms with Crippen LogP contribution in [0.5, 0.6) is 0 Å². The number of halogens is 2. The molecule has 2 heterocycles. The number of likely N-dealkylation sites (N-methyl/N-ethyl adjacent to an activating group) is 1. The van der Waals surface area contributed by atoms with Gasteiger partial charge in [-0.25, -0.2) is 9.78 Å². The molecule has 0 aliphatic rings. The average Bonchev–Trinajstić information content (AvgIpc) is 3.19. The van der Waals surface area contributed by atoms with Crippen LogP contribution in [0.15, 0.2) is 39.5 Å². The molecule has 0 aliphatic carbocycles. The van der Waals surface area contributed by atoms with Gasteiger partial charge >= 0.3 is 5.76 Å². The number of fused-ring (bicyclic) bond motifs is 2. The summed E-state index contributed by atoms with van der Waals surface area (Å²) in [6, 6.07) is 8.47. The molecule has 0 radical (unpaired) electrons. The third-order valence-corrected chi connectivity index (χ3v) is 5.80. The van der Waals surface area contributed by atoms with Crippen LogP contribution in [-0.4, -0.2) is 43.7 Å². The maximum atomic E-state index is 12.9. The Kier molecular flexibility index (Phi) is 5.79. The van der Waals surface area contributed by atoms with Crippen LogP contribution in [0, 0.1) is 6.92 Å². The van der Waals surface area contributed by atoms with Crippen molar-refractivity contribution in [1.29, 1.82) is 0 Å². The first kappa shape index (κ1) is 21.4. The number of hydrogen-bond donors (Lipinski definition) is 1. The summed E-state index contributed by atoms with van der Waals surface area (Å²) in [7, 11) is 1.63. The van der Waals surface area contributed by atoms with Crippen LogP contribution in [0.3, 0.4) is 0 Å². The number of carbonyl (C=O) groups is 1. The van der Waals surface area contributed by atoms with Crippen LogP contribution in [0.1, 0.15) is 11.4 Å². The fourth-order valence-corrected chi connectivity index (χ4v) is 3.84. The molecule has 1 N–H and O–H groups in total. The molecule has 8 nitrogen and oxygen atoms in total. The molecular formula is C21H20Cl2N4O4. The van der Waals surface area contributed by atoms with Crippen molar-refractivity contribution in [2.45, 2.75) is 26.6 Å². The Morgan fingerprint density at radius 3 is 2.71 bits per heavy atom. The van der Waals surface area contributed by atoms with Gasteiger partial charge in [0.05, 0.1) is 29.7 Å². The van der Waals surface area contributed by atoms with Crippen LogP contribution in [0.4, 0.5) is 0 Å². The predicted octanol–water partition coefficient (Wildman–Crippen LogP) is 3.21. The minimum Gasteiger partial charge on any atom is -0.408 e. The lowest BCUT2D eigenvalue weighted by molar-refractivity contribution is -0.131. The lowest BCUT2D eigenvalue weighted by Crippen LogP contribution is -2.33. The normalized spacial score (nSPS) is 11.5. The van der Waals surface area contributed by atoms with Crippen LogP contribution in [-0.2, 0) is 24.4 Å². The van der Waals surface area contributed by atoms with Crippen LogP contribution in [0.25, 0.3) is 22.1 Å². The van der Waals surface area contributed by atoms with Crippen molar-refractivity contribution < 1.29 is 14.3 Å². The van der Waals surface area contributed by atoms with Crippen molar-refractivity contribution in [2.75, 3.05) is 13.7 Å². The summed E-state index contributed by atoms with van der Waals surface area (Å²) in [6.07, 6.45) is 0. The topological polar surface area (TPSA) is 93.5 Å². The molecule has 162 valence electrons. The second-order valence-corrected chi connectivity index (χ2v) is 8.15. The third kappa shape index (κ3) is 4.06. The van der Waals surface area contributed by atoms with Gasteiger partial charge < -0.3 is 19.0 Å². The second-order valence-electron chi connectivity index (χ2n) is 7.31. The highest BCUT2D eigenvalue weighted by Gasteiger charge is 2.19. The first-order valence-corrected chi connectivity index (χ1v) is 10.3. The Labute approximate surface area is 187 Å². The summed E-state index contributed by atoms with van der Waals surface area (Å²) in [5.74, 6) is -0.327. The van der Waals surface area contributed by atoms with Crippen molar-refractivity contribution in [2.24, 2.45) is 0 Å². The molecule has 10 heteroatoms. The number of imidazole rings is 1. The molecule has 0 saturated carbocycles. The molecule has 0 saturated heterocycles. The number of hydrogen-bond acceptors (Lipinski definition) is 5. The number of carbonyl (C=O) groups excluding carboxylic acids is 1. The number of rotatable bonds is 6. The molecule has 0 unspecified atom stereocenters. The Morgan fingerprint density at radius 1 is 1.19 bits per heavy atom. The van der Waals surface area contributed by atoms with Crippen molar-refractivity contribution in [3.8, 4) is 0 Å². The quantitative estimate of drug-likeness (QED) is 0.474. The highest BCUT2D eigenvalue weighted by molar-refractivity contribution is 6.32. The zero-order valence-electron chi connectivity index (χ0n) is 16.9. The van der Waals surface area contributed by atoms with E-state index in [2.05, 4.69) is 4.98 Å². The standard InChI is InChI=1S/C21H20Cl2N4O4/c1-12-7-16-15(9-14(12)23)24-19(26(16)5-6-28)10-25(2)20(29)11-27-17-8-13(22)3-4-18(17)31-21(27)30/h3-4,7-9,28H,5-6,10-11H2,1-2H3. The number of aryl methyl sites for hydroxylation is 1. The lowest BCUT2D eigenvalue weighted by Gasteiger charge is -2.18. The first-order valence-electron chi connectivity index (χ1n) is 9.57. The van der Waals surface area contributed by atoms with Crippen molar-refractivity contribution >= 4 is 51.2 Å². The maximum Gasteiger partial charge on any atom is 0.420 e. The smallest absolute Gasteiger partial charge is 0.408 e. The predicted molar refractivity (Wildman–Crippen MR) is 119 cm³/mol. The fraction of sp³-hybridized carbons (Fsp3) is 0.286. The third-order valence-electron chi connectivity index (χ3n) is 5.16. The van der Waals surface area contributed by atoms with Crippen LogP contribution in [0.2, 0.25) is 10.0 Å². The van der Waals surface area contributed by atoms with E-state index in [-0.39, 0.29) is 25.6 Å². The van der Waals surface area contributed by atoms with E-state index in [1.807, 2.05) is 17.6 Å². The van der Waals surface area contributed by atoms with E-state index in [0.29, 0.717) is 39.0 Å². The van der Waals surface area contributed by atoms with Gasteiger partial charge in [-0.1, -0.05) is 23.2 Å². The number of aliphatic hydroxyl groups excluding tert-OH is 1. The number of nitrogens with zero attached hydrogens (tertiary/aromatic N) is 4. The molecule has 0 spiro atoms. The van der Waals surface area contributed by atoms with E-state index in [1.165, 1.54) is 9.47 Å². The molecular weight excluding hydrogens is 443 g/mol. The van der Waals surface area contributed by atoms with E-state index in [9.17, 15) is 14.7 Å². The van der Waals surface area contributed by atoms with Crippen molar-refractivity contribution in [3.63, 3.8) is 0 Å². The van der Waals surface area contributed by atoms with Gasteiger partial charge in [-0.05, 0) is 42.8 Å². The maximum absolute atomic E-state index is 12.9. The van der Waals surface area contributed by atoms with E-state index < -0.39 is 5.76 Å². The second kappa shape index (κ2) is 8.37. The van der Waals surface area contributed by atoms with Gasteiger partial charge in [0, 0.05) is 23.6 Å². The molecule has 31 heavy (non-hydrogen) atoms. The molecule has 1 amide bonds. The molecule has 0 bridgehead atoms. The molecule has 0 atom stereocenters. The van der Waals surface area contributed by atoms with E-state index in [1.54, 1.807) is 31.3 Å². The average molecular weight is 463 g/mol. The summed E-state index contributed by atoms with van der Waals surface area (Å²) >= 11 is 12.2. The van der Waals surface area contributed by atoms with Crippen molar-refractivity contribution in [1.82, 2.24) is 19.0 Å². The van der Waals surface area contributed by atoms with E-state index in [0.717, 1.165) is 11.1 Å². The van der Waals surface area contributed by atoms with Gasteiger partial charge in [0.2, 0.25) is 5.91 Å². The lowest BCUT2D eigenvalue weighted by atomic mass is 10.2. The van der Waals surface area contributed by atoms with Gasteiger partial charge in [0.25, 0.3) is 0 Å². The van der Waals surface area contributed by atoms with Crippen molar-refractivity contribution in [3.05, 3.63) is 62.3 Å². The Balaban J connectivity index is 1.62. The molecule has 4 aromatic rings. The van der Waals surface area contributed by atoms with Crippen LogP contribution < -0.4 is 5.76 Å². The summed E-state index contributed by atoms with van der Waals surface area (Å²) in [5.41, 5.74) is 3.23. The number of benzene rings is 2. The van der Waals surface area contributed by atoms with Gasteiger partial charge in [0.1, 0.15) is 12.4 Å². The summed E-state index contributed by atoms with van der Waals surface area (Å²) < 4.78 is 8.30. The minimum atomic E-state index is -0.628. The molecule has 2 aromatic carbocycles.